The van der Waals surface area contributed by atoms with Gasteiger partial charge in [-0.2, -0.15) is 5.10 Å². The first-order chi connectivity index (χ1) is 10.6. The number of phenolic OH excluding ortho intramolecular Hbond substituents is 1. The van der Waals surface area contributed by atoms with E-state index in [9.17, 15) is 5.11 Å². The minimum Gasteiger partial charge on any atom is -0.507 e. The maximum absolute atomic E-state index is 10.1. The molecule has 1 N–H and O–H groups in total. The van der Waals surface area contributed by atoms with E-state index < -0.39 is 0 Å². The van der Waals surface area contributed by atoms with Gasteiger partial charge in [-0.15, -0.1) is 0 Å². The number of hydrogen-bond donors (Lipinski definition) is 1. The average Bonchev–Trinajstić information content (AvgIpc) is 2.83. The smallest absolute Gasteiger partial charge is 0.124 e. The molecule has 0 aliphatic carbocycles. The minimum absolute atomic E-state index is 0.258. The first-order valence-corrected chi connectivity index (χ1v) is 7.37. The summed E-state index contributed by atoms with van der Waals surface area (Å²) in [4.78, 5) is 4.45. The fraction of sp³-hybridized carbons (Fsp3) is 0.222. The van der Waals surface area contributed by atoms with Gasteiger partial charge in [0.25, 0.3) is 0 Å². The van der Waals surface area contributed by atoms with E-state index in [2.05, 4.69) is 16.2 Å². The Bertz CT molecular complexity index is 833. The van der Waals surface area contributed by atoms with Crippen LogP contribution in [0.1, 0.15) is 17.0 Å². The van der Waals surface area contributed by atoms with E-state index in [1.54, 1.807) is 12.3 Å². The molecule has 2 aromatic carbocycles. The van der Waals surface area contributed by atoms with E-state index in [0.29, 0.717) is 6.54 Å². The molecule has 3 rings (SSSR count). The van der Waals surface area contributed by atoms with Crippen LogP contribution in [0, 0.1) is 13.8 Å². The molecule has 0 spiro atoms. The third-order valence-electron chi connectivity index (χ3n) is 3.71. The van der Waals surface area contributed by atoms with Crippen LogP contribution in [-0.2, 0) is 6.54 Å². The van der Waals surface area contributed by atoms with Crippen molar-refractivity contribution >= 4 is 17.0 Å². The molecule has 0 radical (unpaired) electrons. The largest absolute Gasteiger partial charge is 0.507 e. The molecule has 0 amide bonds. The Morgan fingerprint density at radius 3 is 2.77 bits per heavy atom. The molecule has 112 valence electrons. The summed E-state index contributed by atoms with van der Waals surface area (Å²) in [6, 6.07) is 13.7. The summed E-state index contributed by atoms with van der Waals surface area (Å²) in [7, 11) is 0. The van der Waals surface area contributed by atoms with Gasteiger partial charge in [0.15, 0.2) is 0 Å². The van der Waals surface area contributed by atoms with Gasteiger partial charge in [0.1, 0.15) is 5.75 Å². The molecule has 0 fully saturated rings. The summed E-state index contributed by atoms with van der Waals surface area (Å²) in [6.45, 7) is 5.40. The lowest BCUT2D eigenvalue weighted by Crippen LogP contribution is -2.05. The lowest BCUT2D eigenvalue weighted by Gasteiger charge is -2.05. The summed E-state index contributed by atoms with van der Waals surface area (Å²) in [5, 5.41) is 16.6. The van der Waals surface area contributed by atoms with E-state index in [-0.39, 0.29) is 5.75 Å². The summed E-state index contributed by atoms with van der Waals surface area (Å²) in [6.07, 6.45) is 1.75. The molecule has 1 heterocycles. The summed E-state index contributed by atoms with van der Waals surface area (Å²) in [5.74, 6) is 0.258. The Kier molecular flexibility index (Phi) is 3.92. The molecule has 0 unspecified atom stereocenters. The highest BCUT2D eigenvalue weighted by atomic mass is 16.3. The number of aromatic nitrogens is 2. The second kappa shape index (κ2) is 6.02. The van der Waals surface area contributed by atoms with Crippen molar-refractivity contribution in [2.24, 2.45) is 4.99 Å². The second-order valence-corrected chi connectivity index (χ2v) is 5.41. The first-order valence-electron chi connectivity index (χ1n) is 7.37. The van der Waals surface area contributed by atoms with Crippen molar-refractivity contribution in [3.63, 3.8) is 0 Å². The van der Waals surface area contributed by atoms with Crippen LogP contribution in [0.25, 0.3) is 10.8 Å². The second-order valence-electron chi connectivity index (χ2n) is 5.41. The summed E-state index contributed by atoms with van der Waals surface area (Å²) in [5.41, 5.74) is 2.93. The van der Waals surface area contributed by atoms with E-state index in [0.717, 1.165) is 34.3 Å². The van der Waals surface area contributed by atoms with Crippen LogP contribution < -0.4 is 0 Å². The number of aliphatic imine (C=N–C) groups is 1. The summed E-state index contributed by atoms with van der Waals surface area (Å²) >= 11 is 0. The Hall–Kier alpha value is -2.62. The Morgan fingerprint density at radius 1 is 1.18 bits per heavy atom. The standard InChI is InChI=1S/C18H19N3O/c1-13-11-14(2)21(20-13)10-9-19-12-17-16-6-4-3-5-15(16)7-8-18(17)22/h3-8,11-12,22H,9-10H2,1-2H3. The Labute approximate surface area is 129 Å². The molecule has 0 aliphatic rings. The number of aromatic hydroxyl groups is 1. The van der Waals surface area contributed by atoms with Gasteiger partial charge in [-0.05, 0) is 36.8 Å². The van der Waals surface area contributed by atoms with Crippen LogP contribution in [0.4, 0.5) is 0 Å². The fourth-order valence-electron chi connectivity index (χ4n) is 2.63. The number of nitrogens with zero attached hydrogens (tertiary/aromatic N) is 3. The molecule has 22 heavy (non-hydrogen) atoms. The molecule has 0 bridgehead atoms. The maximum Gasteiger partial charge on any atom is 0.124 e. The van der Waals surface area contributed by atoms with Crippen LogP contribution in [0.2, 0.25) is 0 Å². The fourth-order valence-corrected chi connectivity index (χ4v) is 2.63. The van der Waals surface area contributed by atoms with Crippen LogP contribution in [-0.4, -0.2) is 27.6 Å². The minimum atomic E-state index is 0.258. The van der Waals surface area contributed by atoms with Crippen molar-refractivity contribution in [1.82, 2.24) is 9.78 Å². The van der Waals surface area contributed by atoms with Crippen molar-refractivity contribution in [1.29, 1.82) is 0 Å². The van der Waals surface area contributed by atoms with E-state index in [1.165, 1.54) is 0 Å². The van der Waals surface area contributed by atoms with Crippen LogP contribution in [0.3, 0.4) is 0 Å². The zero-order chi connectivity index (χ0) is 15.5. The topological polar surface area (TPSA) is 50.4 Å². The molecule has 4 nitrogen and oxygen atoms in total. The van der Waals surface area contributed by atoms with Gasteiger partial charge in [-0.3, -0.25) is 9.67 Å². The number of hydrogen-bond acceptors (Lipinski definition) is 3. The van der Waals surface area contributed by atoms with Gasteiger partial charge in [-0.25, -0.2) is 0 Å². The number of benzene rings is 2. The van der Waals surface area contributed by atoms with E-state index >= 15 is 0 Å². The summed E-state index contributed by atoms with van der Waals surface area (Å²) < 4.78 is 1.95. The molecule has 3 aromatic rings. The molecular formula is C18H19N3O. The van der Waals surface area contributed by atoms with Crippen LogP contribution in [0.5, 0.6) is 5.75 Å². The molecule has 0 saturated heterocycles. The first kappa shape index (κ1) is 14.3. The molecule has 0 atom stereocenters. The van der Waals surface area contributed by atoms with Crippen molar-refractivity contribution in [2.75, 3.05) is 6.54 Å². The Balaban J connectivity index is 1.78. The number of aryl methyl sites for hydroxylation is 2. The van der Waals surface area contributed by atoms with Gasteiger partial charge in [0, 0.05) is 17.5 Å². The van der Waals surface area contributed by atoms with Crippen molar-refractivity contribution in [3.05, 3.63) is 59.4 Å². The third-order valence-corrected chi connectivity index (χ3v) is 3.71. The van der Waals surface area contributed by atoms with Gasteiger partial charge in [0.2, 0.25) is 0 Å². The lowest BCUT2D eigenvalue weighted by atomic mass is 10.0. The van der Waals surface area contributed by atoms with Crippen LogP contribution >= 0.6 is 0 Å². The zero-order valence-corrected chi connectivity index (χ0v) is 12.8. The number of phenols is 1. The molecule has 1 aromatic heterocycles. The van der Waals surface area contributed by atoms with Gasteiger partial charge in [0.05, 0.1) is 18.8 Å². The van der Waals surface area contributed by atoms with Crippen molar-refractivity contribution in [2.45, 2.75) is 20.4 Å². The average molecular weight is 293 g/mol. The number of rotatable bonds is 4. The zero-order valence-electron chi connectivity index (χ0n) is 12.8. The highest BCUT2D eigenvalue weighted by Gasteiger charge is 2.04. The Morgan fingerprint density at radius 2 is 2.00 bits per heavy atom. The number of fused-ring (bicyclic) bond motifs is 1. The molecular weight excluding hydrogens is 274 g/mol. The highest BCUT2D eigenvalue weighted by molar-refractivity contribution is 6.02. The molecule has 0 saturated carbocycles. The van der Waals surface area contributed by atoms with Gasteiger partial charge in [-0.1, -0.05) is 30.3 Å². The quantitative estimate of drug-likeness (QED) is 0.749. The lowest BCUT2D eigenvalue weighted by molar-refractivity contribution is 0.475. The maximum atomic E-state index is 10.1. The predicted octanol–water partition coefficient (Wildman–Crippen LogP) is 3.48. The monoisotopic (exact) mass is 293 g/mol. The SMILES string of the molecule is Cc1cc(C)n(CCN=Cc2c(O)ccc3ccccc23)n1. The molecule has 4 heteroatoms. The van der Waals surface area contributed by atoms with E-state index in [1.807, 2.05) is 48.9 Å². The van der Waals surface area contributed by atoms with Crippen LogP contribution in [0.15, 0.2) is 47.5 Å². The highest BCUT2D eigenvalue weighted by Crippen LogP contribution is 2.25. The van der Waals surface area contributed by atoms with E-state index in [4.69, 9.17) is 0 Å². The third kappa shape index (κ3) is 2.86. The van der Waals surface area contributed by atoms with Gasteiger partial charge >= 0.3 is 0 Å². The van der Waals surface area contributed by atoms with Crippen molar-refractivity contribution < 1.29 is 5.11 Å². The predicted molar refractivity (Wildman–Crippen MR) is 89.8 cm³/mol. The normalized spacial score (nSPS) is 11.5. The molecule has 0 aliphatic heterocycles. The van der Waals surface area contributed by atoms with Crippen molar-refractivity contribution in [3.8, 4) is 5.75 Å². The van der Waals surface area contributed by atoms with Gasteiger partial charge < -0.3 is 5.11 Å².